The molecule has 0 fully saturated rings. The zero-order chi connectivity index (χ0) is 11.7. The van der Waals surface area contributed by atoms with E-state index in [0.717, 1.165) is 38.4 Å². The maximum absolute atomic E-state index is 10.1. The van der Waals surface area contributed by atoms with Gasteiger partial charge in [-0.15, -0.1) is 0 Å². The topological polar surface area (TPSA) is 37.3 Å². The van der Waals surface area contributed by atoms with Crippen molar-refractivity contribution in [3.8, 4) is 0 Å². The molecule has 0 aromatic rings. The molecule has 0 aliphatic carbocycles. The first-order chi connectivity index (χ1) is 6.95. The number of carbonyl (C=O) groups is 1. The number of hydrogen-bond acceptors (Lipinski definition) is 2. The minimum absolute atomic E-state index is 0.544. The van der Waals surface area contributed by atoms with Crippen molar-refractivity contribution in [2.75, 3.05) is 0 Å². The van der Waals surface area contributed by atoms with E-state index in [1.54, 1.807) is 0 Å². The van der Waals surface area contributed by atoms with Crippen LogP contribution in [0.5, 0.6) is 0 Å². The van der Waals surface area contributed by atoms with Crippen LogP contribution in [-0.2, 0) is 4.79 Å². The highest BCUT2D eigenvalue weighted by Gasteiger charge is 2.10. The van der Waals surface area contributed by atoms with E-state index in [2.05, 4.69) is 13.0 Å². The van der Waals surface area contributed by atoms with Crippen LogP contribution in [0.15, 0.2) is 11.6 Å². The Kier molecular flexibility index (Phi) is 7.31. The number of unbranched alkanes of at least 4 members (excludes halogenated alkanes) is 2. The Labute approximate surface area is 93.4 Å². The highest BCUT2D eigenvalue weighted by atomic mass is 16.3. The molecule has 0 amide bonds. The highest BCUT2D eigenvalue weighted by Crippen LogP contribution is 2.15. The number of aliphatic hydroxyl groups is 1. The molecule has 0 saturated heterocycles. The Hall–Kier alpha value is -0.630. The Bertz CT molecular complexity index is 199. The van der Waals surface area contributed by atoms with Crippen molar-refractivity contribution in [1.29, 1.82) is 0 Å². The van der Waals surface area contributed by atoms with Gasteiger partial charge in [0.05, 0.1) is 5.60 Å². The number of rotatable bonds is 8. The molecule has 1 N–H and O–H groups in total. The molecule has 0 atom stereocenters. The molecule has 0 aromatic carbocycles. The van der Waals surface area contributed by atoms with Crippen molar-refractivity contribution in [2.45, 2.75) is 64.9 Å². The summed E-state index contributed by atoms with van der Waals surface area (Å²) in [5.41, 5.74) is 0.822. The van der Waals surface area contributed by atoms with Crippen LogP contribution >= 0.6 is 0 Å². The smallest absolute Gasteiger partial charge is 0.120 e. The van der Waals surface area contributed by atoms with Gasteiger partial charge >= 0.3 is 0 Å². The average Bonchev–Trinajstić information content (AvgIpc) is 2.10. The molecule has 0 heterocycles. The van der Waals surface area contributed by atoms with Crippen molar-refractivity contribution >= 4 is 6.29 Å². The van der Waals surface area contributed by atoms with Gasteiger partial charge in [0.15, 0.2) is 0 Å². The van der Waals surface area contributed by atoms with Gasteiger partial charge in [-0.25, -0.2) is 0 Å². The van der Waals surface area contributed by atoms with Gasteiger partial charge in [-0.3, -0.25) is 0 Å². The van der Waals surface area contributed by atoms with E-state index in [9.17, 15) is 9.90 Å². The first kappa shape index (κ1) is 14.4. The lowest BCUT2D eigenvalue weighted by Gasteiger charge is -2.16. The first-order valence-corrected chi connectivity index (χ1v) is 5.77. The molecule has 0 unspecified atom stereocenters. The summed E-state index contributed by atoms with van der Waals surface area (Å²) in [6, 6.07) is 0. The van der Waals surface area contributed by atoms with E-state index in [1.807, 2.05) is 13.8 Å². The Morgan fingerprint density at radius 2 is 1.93 bits per heavy atom. The normalized spacial score (nSPS) is 12.9. The third kappa shape index (κ3) is 11.3. The highest BCUT2D eigenvalue weighted by molar-refractivity contribution is 5.49. The van der Waals surface area contributed by atoms with E-state index < -0.39 is 5.60 Å². The van der Waals surface area contributed by atoms with Crippen LogP contribution in [0.2, 0.25) is 0 Å². The van der Waals surface area contributed by atoms with Crippen LogP contribution in [0.1, 0.15) is 59.3 Å². The quantitative estimate of drug-likeness (QED) is 0.381. The van der Waals surface area contributed by atoms with Gasteiger partial charge in [-0.1, -0.05) is 11.6 Å². The molecule has 0 saturated carbocycles. The molecule has 0 aliphatic heterocycles. The maximum Gasteiger partial charge on any atom is 0.120 e. The van der Waals surface area contributed by atoms with Crippen LogP contribution in [0.4, 0.5) is 0 Å². The Morgan fingerprint density at radius 1 is 1.27 bits per heavy atom. The van der Waals surface area contributed by atoms with E-state index in [-0.39, 0.29) is 0 Å². The Balaban J connectivity index is 3.55. The molecule has 88 valence electrons. The summed E-state index contributed by atoms with van der Waals surface area (Å²) in [6.45, 7) is 5.80. The minimum Gasteiger partial charge on any atom is -0.390 e. The molecule has 15 heavy (non-hydrogen) atoms. The molecule has 2 nitrogen and oxygen atoms in total. The number of hydrogen-bond donors (Lipinski definition) is 1. The minimum atomic E-state index is -0.544. The summed E-state index contributed by atoms with van der Waals surface area (Å²) in [5.74, 6) is 0. The average molecular weight is 212 g/mol. The van der Waals surface area contributed by atoms with Crippen molar-refractivity contribution < 1.29 is 9.90 Å². The van der Waals surface area contributed by atoms with Crippen LogP contribution in [-0.4, -0.2) is 17.0 Å². The van der Waals surface area contributed by atoms with E-state index >= 15 is 0 Å². The summed E-state index contributed by atoms with van der Waals surface area (Å²) < 4.78 is 0. The van der Waals surface area contributed by atoms with E-state index in [1.165, 1.54) is 5.57 Å². The van der Waals surface area contributed by atoms with Gasteiger partial charge in [0.2, 0.25) is 0 Å². The summed E-state index contributed by atoms with van der Waals surface area (Å²) in [4.78, 5) is 10.1. The summed E-state index contributed by atoms with van der Waals surface area (Å²) in [6.07, 6.45) is 8.69. The second-order valence-electron chi connectivity index (χ2n) is 4.81. The summed E-state index contributed by atoms with van der Waals surface area (Å²) in [5, 5.41) is 9.52. The molecule has 2 heteroatoms. The van der Waals surface area contributed by atoms with Gasteiger partial charge in [-0.05, 0) is 52.9 Å². The molecule has 0 aliphatic rings. The Morgan fingerprint density at radius 3 is 2.47 bits per heavy atom. The van der Waals surface area contributed by atoms with Gasteiger partial charge in [-0.2, -0.15) is 0 Å². The fourth-order valence-electron chi connectivity index (χ4n) is 1.45. The predicted octanol–water partition coefficient (Wildman–Crippen LogP) is 3.24. The first-order valence-electron chi connectivity index (χ1n) is 5.77. The van der Waals surface area contributed by atoms with Crippen molar-refractivity contribution in [2.24, 2.45) is 0 Å². The third-order valence-corrected chi connectivity index (χ3v) is 2.38. The van der Waals surface area contributed by atoms with Crippen LogP contribution in [0.25, 0.3) is 0 Å². The second kappa shape index (κ2) is 7.63. The van der Waals surface area contributed by atoms with E-state index in [0.29, 0.717) is 6.42 Å². The monoisotopic (exact) mass is 212 g/mol. The van der Waals surface area contributed by atoms with Crippen molar-refractivity contribution in [3.05, 3.63) is 11.6 Å². The van der Waals surface area contributed by atoms with Gasteiger partial charge in [0.25, 0.3) is 0 Å². The molecule has 0 bridgehead atoms. The fourth-order valence-corrected chi connectivity index (χ4v) is 1.45. The van der Waals surface area contributed by atoms with E-state index in [4.69, 9.17) is 0 Å². The van der Waals surface area contributed by atoms with Crippen LogP contribution in [0, 0.1) is 0 Å². The maximum atomic E-state index is 10.1. The SMILES string of the molecule is C/C(=C\CCCC=O)CCCC(C)(C)O. The van der Waals surface area contributed by atoms with Gasteiger partial charge in [0, 0.05) is 6.42 Å². The second-order valence-corrected chi connectivity index (χ2v) is 4.81. The molecule has 0 aromatic heterocycles. The van der Waals surface area contributed by atoms with Gasteiger partial charge in [0.1, 0.15) is 6.29 Å². The predicted molar refractivity (Wildman–Crippen MR) is 63.8 cm³/mol. The number of carbonyl (C=O) groups excluding carboxylic acids is 1. The summed E-state index contributed by atoms with van der Waals surface area (Å²) >= 11 is 0. The fraction of sp³-hybridized carbons (Fsp3) is 0.769. The lowest BCUT2D eigenvalue weighted by Crippen LogP contribution is -2.17. The third-order valence-electron chi connectivity index (χ3n) is 2.38. The largest absolute Gasteiger partial charge is 0.390 e. The lowest BCUT2D eigenvalue weighted by molar-refractivity contribution is -0.107. The zero-order valence-electron chi connectivity index (χ0n) is 10.3. The van der Waals surface area contributed by atoms with Crippen LogP contribution < -0.4 is 0 Å². The standard InChI is InChI=1S/C13H24O2/c1-12(8-5-4-6-11-14)9-7-10-13(2,3)15/h8,11,15H,4-7,9-10H2,1-3H3/b12-8+. The molecule has 0 spiro atoms. The molecule has 0 rings (SSSR count). The molecule has 0 radical (unpaired) electrons. The summed E-state index contributed by atoms with van der Waals surface area (Å²) in [7, 11) is 0. The molecular weight excluding hydrogens is 188 g/mol. The van der Waals surface area contributed by atoms with Crippen molar-refractivity contribution in [1.82, 2.24) is 0 Å². The van der Waals surface area contributed by atoms with Crippen LogP contribution in [0.3, 0.4) is 0 Å². The molecular formula is C13H24O2. The van der Waals surface area contributed by atoms with Crippen molar-refractivity contribution in [3.63, 3.8) is 0 Å². The lowest BCUT2D eigenvalue weighted by atomic mass is 9.99. The van der Waals surface area contributed by atoms with Gasteiger partial charge < -0.3 is 9.90 Å². The zero-order valence-corrected chi connectivity index (χ0v) is 10.3. The number of allylic oxidation sites excluding steroid dienone is 2. The number of aldehydes is 1.